The van der Waals surface area contributed by atoms with Gasteiger partial charge in [-0.15, -0.1) is 0 Å². The number of aromatic nitrogens is 2. The average Bonchev–Trinajstić information content (AvgIpc) is 2.89. The zero-order chi connectivity index (χ0) is 13.5. The molecule has 4 heteroatoms. The van der Waals surface area contributed by atoms with Crippen LogP contribution in [0.5, 0.6) is 0 Å². The van der Waals surface area contributed by atoms with Gasteiger partial charge < -0.3 is 10.1 Å². The van der Waals surface area contributed by atoms with E-state index in [0.29, 0.717) is 12.0 Å². The Morgan fingerprint density at radius 3 is 2.84 bits per heavy atom. The number of aryl methyl sites for hydroxylation is 1. The molecule has 2 rings (SSSR count). The van der Waals surface area contributed by atoms with Crippen molar-refractivity contribution in [2.75, 3.05) is 19.8 Å². The second-order valence-corrected chi connectivity index (χ2v) is 5.42. The van der Waals surface area contributed by atoms with Crippen LogP contribution in [0.3, 0.4) is 0 Å². The summed E-state index contributed by atoms with van der Waals surface area (Å²) < 4.78 is 7.55. The molecule has 1 aliphatic rings. The minimum absolute atomic E-state index is 0.439. The van der Waals surface area contributed by atoms with Crippen molar-refractivity contribution in [3.8, 4) is 0 Å². The molecule has 0 radical (unpaired) electrons. The number of nitrogens with zero attached hydrogens (tertiary/aromatic N) is 2. The van der Waals surface area contributed by atoms with Gasteiger partial charge in [-0.1, -0.05) is 13.8 Å². The van der Waals surface area contributed by atoms with Crippen LogP contribution in [0.4, 0.5) is 0 Å². The molecule has 1 fully saturated rings. The normalized spacial score (nSPS) is 18.6. The Kier molecular flexibility index (Phi) is 5.86. The summed E-state index contributed by atoms with van der Waals surface area (Å²) in [6, 6.07) is 0.439. The van der Waals surface area contributed by atoms with E-state index in [1.807, 2.05) is 6.20 Å². The summed E-state index contributed by atoms with van der Waals surface area (Å²) >= 11 is 0. The van der Waals surface area contributed by atoms with Crippen molar-refractivity contribution in [1.82, 2.24) is 15.1 Å². The first-order valence-corrected chi connectivity index (χ1v) is 7.68. The van der Waals surface area contributed by atoms with Crippen molar-refractivity contribution in [3.63, 3.8) is 0 Å². The molecule has 0 aromatic carbocycles. The van der Waals surface area contributed by atoms with Gasteiger partial charge in [0.1, 0.15) is 0 Å². The van der Waals surface area contributed by atoms with E-state index in [2.05, 4.69) is 35.1 Å². The van der Waals surface area contributed by atoms with Crippen molar-refractivity contribution in [2.24, 2.45) is 5.92 Å². The molecular formula is C15H27N3O. The van der Waals surface area contributed by atoms with Gasteiger partial charge in [0.25, 0.3) is 0 Å². The Morgan fingerprint density at radius 2 is 2.16 bits per heavy atom. The van der Waals surface area contributed by atoms with Crippen LogP contribution in [0.15, 0.2) is 12.4 Å². The summed E-state index contributed by atoms with van der Waals surface area (Å²) in [6.07, 6.45) is 8.86. The van der Waals surface area contributed by atoms with Gasteiger partial charge in [0.2, 0.25) is 0 Å². The van der Waals surface area contributed by atoms with Crippen molar-refractivity contribution in [2.45, 2.75) is 52.1 Å². The highest BCUT2D eigenvalue weighted by Gasteiger charge is 2.25. The topological polar surface area (TPSA) is 39.1 Å². The lowest BCUT2D eigenvalue weighted by atomic mass is 9.88. The van der Waals surface area contributed by atoms with E-state index in [4.69, 9.17) is 4.74 Å². The Hall–Kier alpha value is -0.870. The molecule has 108 valence electrons. The van der Waals surface area contributed by atoms with Gasteiger partial charge in [-0.05, 0) is 38.1 Å². The standard InChI is InChI=1S/C15H27N3O/c1-3-7-16-15(13-5-9-19-10-6-13)14-11-17-18(12-14)8-4-2/h11-13,15-16H,3-10H2,1-2H3. The smallest absolute Gasteiger partial charge is 0.0537 e. The fourth-order valence-corrected chi connectivity index (χ4v) is 2.80. The molecule has 4 nitrogen and oxygen atoms in total. The Labute approximate surface area is 116 Å². The molecular weight excluding hydrogens is 238 g/mol. The molecule has 2 heterocycles. The number of ether oxygens (including phenoxy) is 1. The molecule has 1 aromatic rings. The summed E-state index contributed by atoms with van der Waals surface area (Å²) in [6.45, 7) is 8.28. The molecule has 0 aliphatic carbocycles. The lowest BCUT2D eigenvalue weighted by Gasteiger charge is -2.30. The quantitative estimate of drug-likeness (QED) is 0.824. The van der Waals surface area contributed by atoms with Crippen LogP contribution in [0.25, 0.3) is 0 Å². The number of hydrogen-bond acceptors (Lipinski definition) is 3. The summed E-state index contributed by atoms with van der Waals surface area (Å²) in [7, 11) is 0. The Balaban J connectivity index is 2.05. The zero-order valence-electron chi connectivity index (χ0n) is 12.3. The molecule has 0 saturated carbocycles. The van der Waals surface area contributed by atoms with E-state index in [9.17, 15) is 0 Å². The van der Waals surface area contributed by atoms with E-state index in [1.165, 1.54) is 12.0 Å². The molecule has 1 aliphatic heterocycles. The second-order valence-electron chi connectivity index (χ2n) is 5.42. The fourth-order valence-electron chi connectivity index (χ4n) is 2.80. The van der Waals surface area contributed by atoms with Gasteiger partial charge in [-0.3, -0.25) is 4.68 Å². The third-order valence-corrected chi connectivity index (χ3v) is 3.82. The van der Waals surface area contributed by atoms with Crippen LogP contribution in [0.1, 0.15) is 51.1 Å². The summed E-state index contributed by atoms with van der Waals surface area (Å²) in [5, 5.41) is 8.18. The van der Waals surface area contributed by atoms with Crippen LogP contribution >= 0.6 is 0 Å². The summed E-state index contributed by atoms with van der Waals surface area (Å²) in [5.41, 5.74) is 1.34. The Morgan fingerprint density at radius 1 is 1.37 bits per heavy atom. The van der Waals surface area contributed by atoms with Gasteiger partial charge >= 0.3 is 0 Å². The van der Waals surface area contributed by atoms with Gasteiger partial charge in [0.15, 0.2) is 0 Å². The SMILES string of the molecule is CCCNC(c1cnn(CCC)c1)C1CCOCC1. The molecule has 1 N–H and O–H groups in total. The first-order chi connectivity index (χ1) is 9.35. The molecule has 1 saturated heterocycles. The van der Waals surface area contributed by atoms with E-state index < -0.39 is 0 Å². The third-order valence-electron chi connectivity index (χ3n) is 3.82. The molecule has 1 atom stereocenters. The van der Waals surface area contributed by atoms with Crippen LogP contribution in [0, 0.1) is 5.92 Å². The molecule has 1 aromatic heterocycles. The maximum Gasteiger partial charge on any atom is 0.0537 e. The zero-order valence-corrected chi connectivity index (χ0v) is 12.3. The number of nitrogens with one attached hydrogen (secondary N) is 1. The van der Waals surface area contributed by atoms with E-state index in [0.717, 1.165) is 45.6 Å². The van der Waals surface area contributed by atoms with Crippen LogP contribution in [-0.2, 0) is 11.3 Å². The Bertz CT molecular complexity index is 358. The lowest BCUT2D eigenvalue weighted by Crippen LogP contribution is -2.32. The highest BCUT2D eigenvalue weighted by molar-refractivity contribution is 5.12. The van der Waals surface area contributed by atoms with Crippen molar-refractivity contribution < 1.29 is 4.74 Å². The highest BCUT2D eigenvalue weighted by atomic mass is 16.5. The van der Waals surface area contributed by atoms with Crippen molar-refractivity contribution in [1.29, 1.82) is 0 Å². The van der Waals surface area contributed by atoms with Crippen LogP contribution in [-0.4, -0.2) is 29.5 Å². The maximum atomic E-state index is 5.49. The fraction of sp³-hybridized carbons (Fsp3) is 0.800. The number of rotatable bonds is 7. The van der Waals surface area contributed by atoms with Gasteiger partial charge in [-0.25, -0.2) is 0 Å². The summed E-state index contributed by atoms with van der Waals surface area (Å²) in [5.74, 6) is 0.680. The molecule has 19 heavy (non-hydrogen) atoms. The van der Waals surface area contributed by atoms with Crippen molar-refractivity contribution in [3.05, 3.63) is 18.0 Å². The van der Waals surface area contributed by atoms with Gasteiger partial charge in [0, 0.05) is 37.6 Å². The monoisotopic (exact) mass is 265 g/mol. The number of hydrogen-bond donors (Lipinski definition) is 1. The summed E-state index contributed by atoms with van der Waals surface area (Å²) in [4.78, 5) is 0. The third kappa shape index (κ3) is 4.05. The van der Waals surface area contributed by atoms with E-state index in [-0.39, 0.29) is 0 Å². The van der Waals surface area contributed by atoms with Gasteiger partial charge in [-0.2, -0.15) is 5.10 Å². The van der Waals surface area contributed by atoms with Crippen molar-refractivity contribution >= 4 is 0 Å². The predicted molar refractivity (Wildman–Crippen MR) is 77.1 cm³/mol. The highest BCUT2D eigenvalue weighted by Crippen LogP contribution is 2.29. The maximum absolute atomic E-state index is 5.49. The largest absolute Gasteiger partial charge is 0.381 e. The minimum Gasteiger partial charge on any atom is -0.381 e. The lowest BCUT2D eigenvalue weighted by molar-refractivity contribution is 0.0536. The average molecular weight is 265 g/mol. The van der Waals surface area contributed by atoms with Crippen LogP contribution < -0.4 is 5.32 Å². The molecule has 0 spiro atoms. The molecule has 0 bridgehead atoms. The van der Waals surface area contributed by atoms with E-state index in [1.54, 1.807) is 0 Å². The van der Waals surface area contributed by atoms with Gasteiger partial charge in [0.05, 0.1) is 6.20 Å². The first kappa shape index (κ1) is 14.5. The van der Waals surface area contributed by atoms with E-state index >= 15 is 0 Å². The minimum atomic E-state index is 0.439. The van der Waals surface area contributed by atoms with Crippen LogP contribution in [0.2, 0.25) is 0 Å². The predicted octanol–water partition coefficient (Wildman–Crippen LogP) is 2.76. The molecule has 0 amide bonds. The molecule has 1 unspecified atom stereocenters. The second kappa shape index (κ2) is 7.65. The first-order valence-electron chi connectivity index (χ1n) is 7.68.